The van der Waals surface area contributed by atoms with Crippen LogP contribution in [0.4, 0.5) is 13.2 Å². The van der Waals surface area contributed by atoms with Crippen LogP contribution >= 0.6 is 11.3 Å². The van der Waals surface area contributed by atoms with Gasteiger partial charge in [-0.3, -0.25) is 19.8 Å². The second kappa shape index (κ2) is 9.48. The number of ether oxygens (including phenoxy) is 1. The summed E-state index contributed by atoms with van der Waals surface area (Å²) in [7, 11) is 1.74. The summed E-state index contributed by atoms with van der Waals surface area (Å²) >= 11 is 0.752. The second-order valence-corrected chi connectivity index (χ2v) is 7.94. The topological polar surface area (TPSA) is 129 Å². The molecule has 0 spiro atoms. The van der Waals surface area contributed by atoms with E-state index in [1.165, 1.54) is 23.8 Å². The van der Waals surface area contributed by atoms with Crippen LogP contribution in [0.3, 0.4) is 0 Å². The average molecular weight is 472 g/mol. The molecule has 1 fully saturated rings. The Morgan fingerprint density at radius 2 is 2.03 bits per heavy atom. The van der Waals surface area contributed by atoms with Gasteiger partial charge in [-0.05, 0) is 12.1 Å². The van der Waals surface area contributed by atoms with Crippen LogP contribution in [0.15, 0.2) is 24.7 Å². The molecule has 0 radical (unpaired) electrons. The third-order valence-electron chi connectivity index (χ3n) is 4.48. The van der Waals surface area contributed by atoms with Crippen LogP contribution in [0.1, 0.15) is 25.0 Å². The minimum atomic E-state index is -5.12. The van der Waals surface area contributed by atoms with Gasteiger partial charge in [0.25, 0.3) is 11.8 Å². The largest absolute Gasteiger partial charge is 0.471 e. The first-order chi connectivity index (χ1) is 15.1. The minimum absolute atomic E-state index is 0.0132. The van der Waals surface area contributed by atoms with E-state index >= 15 is 0 Å². The molecule has 10 nitrogen and oxygen atoms in total. The molecule has 1 unspecified atom stereocenters. The number of imidazole rings is 1. The van der Waals surface area contributed by atoms with E-state index in [0.29, 0.717) is 13.2 Å². The van der Waals surface area contributed by atoms with Crippen molar-refractivity contribution in [2.75, 3.05) is 26.3 Å². The number of morpholine rings is 1. The van der Waals surface area contributed by atoms with Gasteiger partial charge in [0.1, 0.15) is 11.5 Å². The zero-order valence-electron chi connectivity index (χ0n) is 16.7. The first-order valence-electron chi connectivity index (χ1n) is 9.28. The predicted molar refractivity (Wildman–Crippen MR) is 107 cm³/mol. The van der Waals surface area contributed by atoms with Crippen molar-refractivity contribution < 1.29 is 32.3 Å². The fourth-order valence-electron chi connectivity index (χ4n) is 2.90. The lowest BCUT2D eigenvalue weighted by atomic mass is 10.2. The number of carbonyl (C=O) groups is 3. The number of amidine groups is 1. The highest BCUT2D eigenvalue weighted by molar-refractivity contribution is 7.16. The number of aromatic nitrogens is 2. The van der Waals surface area contributed by atoms with Crippen molar-refractivity contribution in [3.05, 3.63) is 40.1 Å². The number of rotatable bonds is 5. The summed E-state index contributed by atoms with van der Waals surface area (Å²) in [5.74, 6) is -3.85. The number of hydrogen-bond donors (Lipinski definition) is 3. The van der Waals surface area contributed by atoms with Gasteiger partial charge < -0.3 is 24.8 Å². The number of alkyl halides is 3. The van der Waals surface area contributed by atoms with Crippen molar-refractivity contribution in [1.82, 2.24) is 25.1 Å². The van der Waals surface area contributed by atoms with E-state index in [4.69, 9.17) is 10.1 Å². The summed E-state index contributed by atoms with van der Waals surface area (Å²) in [5.41, 5.74) is 0.271. The first-order valence-corrected chi connectivity index (χ1v) is 10.1. The summed E-state index contributed by atoms with van der Waals surface area (Å²) in [4.78, 5) is 41.9. The van der Waals surface area contributed by atoms with E-state index in [2.05, 4.69) is 10.3 Å². The van der Waals surface area contributed by atoms with Gasteiger partial charge in [0.05, 0.1) is 35.3 Å². The maximum absolute atomic E-state index is 12.7. The molecule has 32 heavy (non-hydrogen) atoms. The maximum atomic E-state index is 12.7. The number of carbonyl (C=O) groups excluding carboxylic acids is 3. The molecule has 1 saturated heterocycles. The minimum Gasteiger partial charge on any atom is -0.377 e. The van der Waals surface area contributed by atoms with E-state index in [-0.39, 0.29) is 34.5 Å². The Hall–Kier alpha value is -3.26. The van der Waals surface area contributed by atoms with Crippen molar-refractivity contribution in [2.45, 2.75) is 12.2 Å². The van der Waals surface area contributed by atoms with Crippen molar-refractivity contribution in [1.29, 1.82) is 5.41 Å². The van der Waals surface area contributed by atoms with Gasteiger partial charge in [-0.1, -0.05) is 0 Å². The van der Waals surface area contributed by atoms with Gasteiger partial charge >= 0.3 is 12.1 Å². The highest BCUT2D eigenvalue weighted by Crippen LogP contribution is 2.19. The molecular weight excluding hydrogens is 453 g/mol. The van der Waals surface area contributed by atoms with Gasteiger partial charge in [-0.15, -0.1) is 11.3 Å². The Morgan fingerprint density at radius 3 is 2.69 bits per heavy atom. The van der Waals surface area contributed by atoms with Crippen molar-refractivity contribution in [2.24, 2.45) is 7.05 Å². The third kappa shape index (κ3) is 5.50. The number of hydrogen-bond acceptors (Lipinski definition) is 7. The number of aryl methyl sites for hydroxylation is 1. The zero-order valence-corrected chi connectivity index (χ0v) is 17.5. The van der Waals surface area contributed by atoms with E-state index in [0.717, 1.165) is 11.3 Å². The zero-order chi connectivity index (χ0) is 23.5. The normalized spacial score (nSPS) is 16.5. The average Bonchev–Trinajstić information content (AvgIpc) is 3.40. The van der Waals surface area contributed by atoms with E-state index in [1.807, 2.05) is 0 Å². The standard InChI is InChI=1S/C18H19F3N6O4S/c1-26-7-11(24-9-26)16(29)27-4-5-31-8-10(27)6-23-15(28)13-3-2-12(32-13)14(22)25-17(30)18(19,20)21/h2-3,7,9-10H,4-6,8H2,1H3,(H,23,28)(H2,22,25,30). The van der Waals surface area contributed by atoms with Crippen molar-refractivity contribution >= 4 is 34.9 Å². The highest BCUT2D eigenvalue weighted by Gasteiger charge is 2.39. The molecule has 3 heterocycles. The Bertz CT molecular complexity index is 1030. The Kier molecular flexibility index (Phi) is 6.93. The van der Waals surface area contributed by atoms with Crippen LogP contribution in [0.2, 0.25) is 0 Å². The Labute approximate surface area is 183 Å². The first kappa shape index (κ1) is 23.4. The fraction of sp³-hybridized carbons (Fsp3) is 0.389. The second-order valence-electron chi connectivity index (χ2n) is 6.85. The maximum Gasteiger partial charge on any atom is 0.471 e. The van der Waals surface area contributed by atoms with Gasteiger partial charge in [0, 0.05) is 26.3 Å². The van der Waals surface area contributed by atoms with E-state index < -0.39 is 29.9 Å². The van der Waals surface area contributed by atoms with E-state index in [1.54, 1.807) is 22.7 Å². The summed E-state index contributed by atoms with van der Waals surface area (Å²) in [6.07, 6.45) is -2.02. The molecule has 0 aromatic carbocycles. The molecule has 1 aliphatic heterocycles. The number of nitrogens with zero attached hydrogens (tertiary/aromatic N) is 3. The number of nitrogens with one attached hydrogen (secondary N) is 3. The van der Waals surface area contributed by atoms with Crippen LogP contribution < -0.4 is 10.6 Å². The molecule has 14 heteroatoms. The molecule has 172 valence electrons. The van der Waals surface area contributed by atoms with E-state index in [9.17, 15) is 27.6 Å². The smallest absolute Gasteiger partial charge is 0.377 e. The lowest BCUT2D eigenvalue weighted by Crippen LogP contribution is -2.53. The monoisotopic (exact) mass is 472 g/mol. The summed E-state index contributed by atoms with van der Waals surface area (Å²) in [6.45, 7) is 0.966. The molecule has 1 atom stereocenters. The molecule has 0 bridgehead atoms. The molecular formula is C18H19F3N6O4S. The van der Waals surface area contributed by atoms with Crippen molar-refractivity contribution in [3.63, 3.8) is 0 Å². The van der Waals surface area contributed by atoms with Crippen LogP contribution in [-0.4, -0.2) is 76.5 Å². The van der Waals surface area contributed by atoms with Gasteiger partial charge in [0.2, 0.25) is 0 Å². The highest BCUT2D eigenvalue weighted by atomic mass is 32.1. The van der Waals surface area contributed by atoms with Crippen LogP contribution in [0, 0.1) is 5.41 Å². The number of amides is 3. The molecule has 3 amide bonds. The third-order valence-corrected chi connectivity index (χ3v) is 5.58. The summed E-state index contributed by atoms with van der Waals surface area (Å²) in [5, 5.41) is 11.7. The van der Waals surface area contributed by atoms with Crippen molar-refractivity contribution in [3.8, 4) is 0 Å². The SMILES string of the molecule is Cn1cnc(C(=O)N2CCOCC2CNC(=O)c2ccc(C(=N)NC(=O)C(F)(F)F)s2)c1. The molecule has 3 rings (SSSR count). The molecule has 0 aliphatic carbocycles. The molecule has 1 aliphatic rings. The quantitative estimate of drug-likeness (QED) is 0.437. The Morgan fingerprint density at radius 1 is 1.31 bits per heavy atom. The molecule has 2 aromatic rings. The molecule has 3 N–H and O–H groups in total. The summed E-state index contributed by atoms with van der Waals surface area (Å²) < 4.78 is 44.0. The molecule has 2 aromatic heterocycles. The molecule has 0 saturated carbocycles. The lowest BCUT2D eigenvalue weighted by Gasteiger charge is -2.35. The lowest BCUT2D eigenvalue weighted by molar-refractivity contribution is -0.171. The van der Waals surface area contributed by atoms with Gasteiger partial charge in [-0.2, -0.15) is 13.2 Å². The number of halogens is 3. The summed E-state index contributed by atoms with van der Waals surface area (Å²) in [6, 6.07) is 2.16. The van der Waals surface area contributed by atoms with Crippen LogP contribution in [0.25, 0.3) is 0 Å². The van der Waals surface area contributed by atoms with Crippen LogP contribution in [0.5, 0.6) is 0 Å². The predicted octanol–water partition coefficient (Wildman–Crippen LogP) is 0.756. The van der Waals surface area contributed by atoms with Gasteiger partial charge in [0.15, 0.2) is 0 Å². The van der Waals surface area contributed by atoms with Gasteiger partial charge in [-0.25, -0.2) is 4.98 Å². The number of thiophene rings is 1. The Balaban J connectivity index is 1.59. The fourth-order valence-corrected chi connectivity index (χ4v) is 3.73. The van der Waals surface area contributed by atoms with Crippen LogP contribution in [-0.2, 0) is 16.6 Å².